The van der Waals surface area contributed by atoms with Crippen molar-refractivity contribution in [3.63, 3.8) is 0 Å². The average Bonchev–Trinajstić information content (AvgIpc) is 3.08. The third kappa shape index (κ3) is 4.89. The molecule has 142 valence electrons. The molecular formula is C21H25N3OS2. The summed E-state index contributed by atoms with van der Waals surface area (Å²) >= 11 is 3.17. The van der Waals surface area contributed by atoms with Gasteiger partial charge in [-0.05, 0) is 57.3 Å². The average molecular weight is 400 g/mol. The van der Waals surface area contributed by atoms with Crippen molar-refractivity contribution < 1.29 is 4.79 Å². The first-order valence-corrected chi connectivity index (χ1v) is 10.8. The van der Waals surface area contributed by atoms with Crippen molar-refractivity contribution in [1.29, 1.82) is 0 Å². The highest BCUT2D eigenvalue weighted by Gasteiger charge is 2.20. The monoisotopic (exact) mass is 399 g/mol. The molecule has 2 aromatic carbocycles. The Morgan fingerprint density at radius 2 is 1.81 bits per heavy atom. The Morgan fingerprint density at radius 1 is 1.07 bits per heavy atom. The van der Waals surface area contributed by atoms with Gasteiger partial charge in [-0.3, -0.25) is 9.69 Å². The molecule has 0 saturated carbocycles. The van der Waals surface area contributed by atoms with Crippen LogP contribution in [-0.4, -0.2) is 48.7 Å². The van der Waals surface area contributed by atoms with Crippen LogP contribution < -0.4 is 4.90 Å². The molecule has 0 fully saturated rings. The van der Waals surface area contributed by atoms with Gasteiger partial charge in [0.15, 0.2) is 5.13 Å². The van der Waals surface area contributed by atoms with Crippen LogP contribution in [0.2, 0.25) is 0 Å². The molecule has 0 aliphatic carbocycles. The smallest absolute Gasteiger partial charge is 0.239 e. The zero-order valence-electron chi connectivity index (χ0n) is 16.2. The van der Waals surface area contributed by atoms with Gasteiger partial charge in [0.2, 0.25) is 5.91 Å². The molecule has 0 N–H and O–H groups in total. The third-order valence-electron chi connectivity index (χ3n) is 4.48. The van der Waals surface area contributed by atoms with Crippen LogP contribution in [0.4, 0.5) is 5.13 Å². The van der Waals surface area contributed by atoms with Gasteiger partial charge >= 0.3 is 0 Å². The van der Waals surface area contributed by atoms with Gasteiger partial charge in [0.25, 0.3) is 0 Å². The first-order chi connectivity index (χ1) is 13.0. The summed E-state index contributed by atoms with van der Waals surface area (Å²) in [5, 5.41) is 0.791. The second kappa shape index (κ2) is 8.87. The van der Waals surface area contributed by atoms with E-state index in [1.165, 1.54) is 11.1 Å². The summed E-state index contributed by atoms with van der Waals surface area (Å²) in [7, 11) is 4.04. The van der Waals surface area contributed by atoms with E-state index in [1.54, 1.807) is 23.1 Å². The molecule has 0 aliphatic heterocycles. The zero-order valence-corrected chi connectivity index (χ0v) is 17.9. The maximum absolute atomic E-state index is 13.0. The van der Waals surface area contributed by atoms with Crippen molar-refractivity contribution in [2.24, 2.45) is 0 Å². The Bertz CT molecular complexity index is 922. The Balaban J connectivity index is 1.84. The van der Waals surface area contributed by atoms with Gasteiger partial charge in [-0.2, -0.15) is 0 Å². The van der Waals surface area contributed by atoms with Crippen LogP contribution >= 0.6 is 23.1 Å². The molecule has 6 heteroatoms. The van der Waals surface area contributed by atoms with Gasteiger partial charge in [-0.1, -0.05) is 35.6 Å². The summed E-state index contributed by atoms with van der Waals surface area (Å²) in [6.07, 6.45) is 0. The number of carbonyl (C=O) groups is 1. The van der Waals surface area contributed by atoms with Crippen LogP contribution in [0.1, 0.15) is 11.1 Å². The topological polar surface area (TPSA) is 36.4 Å². The minimum absolute atomic E-state index is 0.0964. The van der Waals surface area contributed by atoms with Crippen molar-refractivity contribution in [3.8, 4) is 0 Å². The molecule has 0 aliphatic rings. The standard InChI is InChI=1S/C21H25N3OS2/c1-15-10-11-18-20(16(15)2)22-21(27-18)24(13-12-23(3)4)19(25)14-26-17-8-6-5-7-9-17/h5-11H,12-14H2,1-4H3. The first-order valence-electron chi connectivity index (χ1n) is 8.95. The lowest BCUT2D eigenvalue weighted by molar-refractivity contribution is -0.116. The highest BCUT2D eigenvalue weighted by Crippen LogP contribution is 2.32. The quantitative estimate of drug-likeness (QED) is 0.544. The van der Waals surface area contributed by atoms with Gasteiger partial charge in [-0.15, -0.1) is 11.8 Å². The molecule has 1 amide bonds. The van der Waals surface area contributed by atoms with E-state index >= 15 is 0 Å². The fraction of sp³-hybridized carbons (Fsp3) is 0.333. The number of carbonyl (C=O) groups excluding carboxylic acids is 1. The Kier molecular flexibility index (Phi) is 6.52. The molecule has 27 heavy (non-hydrogen) atoms. The van der Waals surface area contributed by atoms with Gasteiger partial charge in [-0.25, -0.2) is 4.98 Å². The van der Waals surface area contributed by atoms with Gasteiger partial charge < -0.3 is 4.90 Å². The van der Waals surface area contributed by atoms with Gasteiger partial charge in [0, 0.05) is 18.0 Å². The number of thioether (sulfide) groups is 1. The molecule has 3 aromatic rings. The van der Waals surface area contributed by atoms with E-state index in [0.717, 1.165) is 26.8 Å². The van der Waals surface area contributed by atoms with Crippen molar-refractivity contribution in [2.45, 2.75) is 18.7 Å². The Labute approximate surface area is 169 Å². The van der Waals surface area contributed by atoms with E-state index < -0.39 is 0 Å². The van der Waals surface area contributed by atoms with Crippen LogP contribution in [0, 0.1) is 13.8 Å². The number of anilines is 1. The lowest BCUT2D eigenvalue weighted by Crippen LogP contribution is -2.37. The Hall–Kier alpha value is -1.89. The second-order valence-electron chi connectivity index (χ2n) is 6.80. The normalized spacial score (nSPS) is 11.3. The molecule has 3 rings (SSSR count). The zero-order chi connectivity index (χ0) is 19.4. The number of nitrogens with zero attached hydrogens (tertiary/aromatic N) is 3. The van der Waals surface area contributed by atoms with Crippen LogP contribution in [0.5, 0.6) is 0 Å². The molecule has 0 atom stereocenters. The molecule has 0 radical (unpaired) electrons. The predicted molar refractivity (Wildman–Crippen MR) is 117 cm³/mol. The molecule has 0 spiro atoms. The van der Waals surface area contributed by atoms with E-state index in [4.69, 9.17) is 4.98 Å². The minimum Gasteiger partial charge on any atom is -0.308 e. The van der Waals surface area contributed by atoms with Crippen LogP contribution in [0.15, 0.2) is 47.4 Å². The first kappa shape index (κ1) is 19.9. The summed E-state index contributed by atoms with van der Waals surface area (Å²) in [5.74, 6) is 0.505. The summed E-state index contributed by atoms with van der Waals surface area (Å²) < 4.78 is 1.13. The van der Waals surface area contributed by atoms with E-state index in [2.05, 4.69) is 30.9 Å². The maximum Gasteiger partial charge on any atom is 0.239 e. The second-order valence-corrected chi connectivity index (χ2v) is 8.86. The number of hydrogen-bond acceptors (Lipinski definition) is 5. The van der Waals surface area contributed by atoms with Crippen molar-refractivity contribution in [3.05, 3.63) is 53.6 Å². The molecule has 4 nitrogen and oxygen atoms in total. The number of aromatic nitrogens is 1. The SMILES string of the molecule is Cc1ccc2sc(N(CCN(C)C)C(=O)CSc3ccccc3)nc2c1C. The van der Waals surface area contributed by atoms with Gasteiger partial charge in [0.1, 0.15) is 0 Å². The van der Waals surface area contributed by atoms with E-state index in [1.807, 2.05) is 49.3 Å². The lowest BCUT2D eigenvalue weighted by atomic mass is 10.1. The van der Waals surface area contributed by atoms with Crippen molar-refractivity contribution in [2.75, 3.05) is 37.8 Å². The molecule has 1 heterocycles. The highest BCUT2D eigenvalue weighted by molar-refractivity contribution is 8.00. The van der Waals surface area contributed by atoms with E-state index in [9.17, 15) is 4.79 Å². The minimum atomic E-state index is 0.0964. The predicted octanol–water partition coefficient (Wildman–Crippen LogP) is 4.60. The summed E-state index contributed by atoms with van der Waals surface area (Å²) in [6.45, 7) is 5.63. The summed E-state index contributed by atoms with van der Waals surface area (Å²) in [6, 6.07) is 14.3. The Morgan fingerprint density at radius 3 is 2.52 bits per heavy atom. The summed E-state index contributed by atoms with van der Waals surface area (Å²) in [5.41, 5.74) is 3.42. The van der Waals surface area contributed by atoms with Gasteiger partial charge in [0.05, 0.1) is 16.0 Å². The molecule has 1 aromatic heterocycles. The number of fused-ring (bicyclic) bond motifs is 1. The van der Waals surface area contributed by atoms with Crippen LogP contribution in [-0.2, 0) is 4.79 Å². The highest BCUT2D eigenvalue weighted by atomic mass is 32.2. The number of amides is 1. The fourth-order valence-corrected chi connectivity index (χ4v) is 4.56. The molecular weight excluding hydrogens is 374 g/mol. The van der Waals surface area contributed by atoms with Crippen molar-refractivity contribution >= 4 is 44.4 Å². The number of hydrogen-bond donors (Lipinski definition) is 0. The fourth-order valence-electron chi connectivity index (χ4n) is 2.70. The number of thiazole rings is 1. The lowest BCUT2D eigenvalue weighted by Gasteiger charge is -2.21. The molecule has 0 bridgehead atoms. The third-order valence-corrected chi connectivity index (χ3v) is 6.52. The number of rotatable bonds is 7. The number of aryl methyl sites for hydroxylation is 2. The van der Waals surface area contributed by atoms with Crippen LogP contribution in [0.3, 0.4) is 0 Å². The van der Waals surface area contributed by atoms with Crippen LogP contribution in [0.25, 0.3) is 10.2 Å². The summed E-state index contributed by atoms with van der Waals surface area (Å²) in [4.78, 5) is 22.9. The number of benzene rings is 2. The molecule has 0 saturated heterocycles. The van der Waals surface area contributed by atoms with E-state index in [-0.39, 0.29) is 5.91 Å². The molecule has 0 unspecified atom stereocenters. The number of likely N-dealkylation sites (N-methyl/N-ethyl adjacent to an activating group) is 1. The van der Waals surface area contributed by atoms with Crippen molar-refractivity contribution in [1.82, 2.24) is 9.88 Å². The largest absolute Gasteiger partial charge is 0.308 e. The maximum atomic E-state index is 13.0. The van der Waals surface area contributed by atoms with E-state index in [0.29, 0.717) is 12.3 Å².